The molecule has 2 unspecified atom stereocenters. The molecular formula is C15H26N4O. The second-order valence-corrected chi connectivity index (χ2v) is 6.03. The van der Waals surface area contributed by atoms with E-state index < -0.39 is 5.60 Å². The molecule has 5 nitrogen and oxygen atoms in total. The molecule has 1 aliphatic carbocycles. The number of hydrogen-bond donors (Lipinski definition) is 3. The molecule has 2 rings (SSSR count). The first-order chi connectivity index (χ1) is 9.50. The van der Waals surface area contributed by atoms with Crippen LogP contribution in [0.3, 0.4) is 0 Å². The van der Waals surface area contributed by atoms with E-state index in [9.17, 15) is 5.11 Å². The molecule has 1 aromatic heterocycles. The summed E-state index contributed by atoms with van der Waals surface area (Å²) >= 11 is 0. The van der Waals surface area contributed by atoms with Crippen molar-refractivity contribution in [2.45, 2.75) is 52.1 Å². The van der Waals surface area contributed by atoms with Crippen molar-refractivity contribution in [1.82, 2.24) is 9.97 Å². The van der Waals surface area contributed by atoms with Gasteiger partial charge in [0, 0.05) is 24.8 Å². The van der Waals surface area contributed by atoms with Gasteiger partial charge in [-0.2, -0.15) is 4.98 Å². The van der Waals surface area contributed by atoms with E-state index in [1.807, 2.05) is 19.9 Å². The van der Waals surface area contributed by atoms with Gasteiger partial charge in [0.05, 0.1) is 5.60 Å². The minimum Gasteiger partial charge on any atom is -0.388 e. The van der Waals surface area contributed by atoms with Crippen molar-refractivity contribution in [1.29, 1.82) is 0 Å². The van der Waals surface area contributed by atoms with E-state index in [1.165, 1.54) is 6.42 Å². The molecule has 5 heteroatoms. The normalized spacial score (nSPS) is 26.3. The monoisotopic (exact) mass is 278 g/mol. The van der Waals surface area contributed by atoms with Crippen LogP contribution >= 0.6 is 0 Å². The third-order valence-electron chi connectivity index (χ3n) is 3.86. The standard InChI is InChI=1S/C15H26N4O/c1-4-16-14-18-12(3)8-13(19-14)17-10-15(20)7-5-6-11(2)9-15/h8,11,20H,4-7,9-10H2,1-3H3,(H2,16,17,18,19). The molecule has 0 saturated heterocycles. The number of aryl methyl sites for hydroxylation is 1. The fourth-order valence-corrected chi connectivity index (χ4v) is 2.94. The van der Waals surface area contributed by atoms with Gasteiger partial charge in [-0.3, -0.25) is 0 Å². The highest BCUT2D eigenvalue weighted by molar-refractivity contribution is 5.42. The van der Waals surface area contributed by atoms with E-state index in [0.717, 1.165) is 37.3 Å². The van der Waals surface area contributed by atoms with Gasteiger partial charge in [-0.05, 0) is 32.6 Å². The molecule has 0 radical (unpaired) electrons. The van der Waals surface area contributed by atoms with E-state index >= 15 is 0 Å². The van der Waals surface area contributed by atoms with Crippen molar-refractivity contribution >= 4 is 11.8 Å². The van der Waals surface area contributed by atoms with Crippen molar-refractivity contribution in [3.8, 4) is 0 Å². The van der Waals surface area contributed by atoms with Crippen LogP contribution < -0.4 is 10.6 Å². The zero-order chi connectivity index (χ0) is 14.6. The Balaban J connectivity index is 1.99. The number of aromatic nitrogens is 2. The maximum absolute atomic E-state index is 10.6. The van der Waals surface area contributed by atoms with Crippen LogP contribution in [0, 0.1) is 12.8 Å². The smallest absolute Gasteiger partial charge is 0.224 e. The number of rotatable bonds is 5. The van der Waals surface area contributed by atoms with Crippen LogP contribution in [0.5, 0.6) is 0 Å². The number of nitrogens with one attached hydrogen (secondary N) is 2. The van der Waals surface area contributed by atoms with Crippen LogP contribution in [0.2, 0.25) is 0 Å². The molecule has 0 amide bonds. The molecule has 2 atom stereocenters. The quantitative estimate of drug-likeness (QED) is 0.772. The summed E-state index contributed by atoms with van der Waals surface area (Å²) in [6, 6.07) is 1.91. The first-order valence-corrected chi connectivity index (χ1v) is 7.56. The summed E-state index contributed by atoms with van der Waals surface area (Å²) in [5, 5.41) is 17.0. The second kappa shape index (κ2) is 6.39. The fraction of sp³-hybridized carbons (Fsp3) is 0.733. The highest BCUT2D eigenvalue weighted by Crippen LogP contribution is 2.32. The molecule has 1 heterocycles. The maximum atomic E-state index is 10.6. The number of nitrogens with zero attached hydrogens (tertiary/aromatic N) is 2. The zero-order valence-corrected chi connectivity index (χ0v) is 12.7. The van der Waals surface area contributed by atoms with E-state index in [2.05, 4.69) is 27.5 Å². The number of anilines is 2. The first kappa shape index (κ1) is 15.0. The highest BCUT2D eigenvalue weighted by Gasteiger charge is 2.32. The third kappa shape index (κ3) is 4.07. The van der Waals surface area contributed by atoms with Gasteiger partial charge in [-0.25, -0.2) is 4.98 Å². The molecule has 1 aromatic rings. The average Bonchev–Trinajstić information content (AvgIpc) is 2.36. The Hall–Kier alpha value is -1.36. The molecule has 112 valence electrons. The number of aliphatic hydroxyl groups is 1. The van der Waals surface area contributed by atoms with Gasteiger partial charge in [-0.1, -0.05) is 19.8 Å². The summed E-state index contributed by atoms with van der Waals surface area (Å²) in [4.78, 5) is 8.74. The molecule has 20 heavy (non-hydrogen) atoms. The molecular weight excluding hydrogens is 252 g/mol. The molecule has 1 saturated carbocycles. The van der Waals surface area contributed by atoms with Crippen LogP contribution in [-0.4, -0.2) is 33.8 Å². The SMILES string of the molecule is CCNc1nc(C)cc(NCC2(O)CCCC(C)C2)n1. The first-order valence-electron chi connectivity index (χ1n) is 7.56. The lowest BCUT2D eigenvalue weighted by Crippen LogP contribution is -2.41. The minimum atomic E-state index is -0.602. The van der Waals surface area contributed by atoms with Crippen molar-refractivity contribution in [2.24, 2.45) is 5.92 Å². The predicted molar refractivity (Wildman–Crippen MR) is 82.0 cm³/mol. The fourth-order valence-electron chi connectivity index (χ4n) is 2.94. The van der Waals surface area contributed by atoms with Gasteiger partial charge in [0.2, 0.25) is 5.95 Å². The van der Waals surface area contributed by atoms with Crippen molar-refractivity contribution in [3.05, 3.63) is 11.8 Å². The van der Waals surface area contributed by atoms with Crippen molar-refractivity contribution in [2.75, 3.05) is 23.7 Å². The van der Waals surface area contributed by atoms with E-state index in [4.69, 9.17) is 0 Å². The number of hydrogen-bond acceptors (Lipinski definition) is 5. The predicted octanol–water partition coefficient (Wildman–Crippen LogP) is 2.57. The Morgan fingerprint density at radius 1 is 1.40 bits per heavy atom. The van der Waals surface area contributed by atoms with E-state index in [0.29, 0.717) is 18.4 Å². The Bertz CT molecular complexity index is 451. The topological polar surface area (TPSA) is 70.1 Å². The minimum absolute atomic E-state index is 0.555. The third-order valence-corrected chi connectivity index (χ3v) is 3.86. The van der Waals surface area contributed by atoms with Crippen LogP contribution in [0.1, 0.15) is 45.2 Å². The molecule has 0 aliphatic heterocycles. The zero-order valence-electron chi connectivity index (χ0n) is 12.7. The Morgan fingerprint density at radius 3 is 2.90 bits per heavy atom. The Kier molecular flexibility index (Phi) is 4.81. The van der Waals surface area contributed by atoms with E-state index in [1.54, 1.807) is 0 Å². The second-order valence-electron chi connectivity index (χ2n) is 6.03. The van der Waals surface area contributed by atoms with Crippen LogP contribution in [0.4, 0.5) is 11.8 Å². The van der Waals surface area contributed by atoms with Crippen LogP contribution in [0.15, 0.2) is 6.07 Å². The lowest BCUT2D eigenvalue weighted by atomic mass is 9.79. The van der Waals surface area contributed by atoms with Crippen molar-refractivity contribution < 1.29 is 5.11 Å². The summed E-state index contributed by atoms with van der Waals surface area (Å²) in [7, 11) is 0. The average molecular weight is 278 g/mol. The van der Waals surface area contributed by atoms with Gasteiger partial charge >= 0.3 is 0 Å². The van der Waals surface area contributed by atoms with Gasteiger partial charge in [0.1, 0.15) is 5.82 Å². The largest absolute Gasteiger partial charge is 0.388 e. The highest BCUT2D eigenvalue weighted by atomic mass is 16.3. The van der Waals surface area contributed by atoms with Crippen LogP contribution in [0.25, 0.3) is 0 Å². The summed E-state index contributed by atoms with van der Waals surface area (Å²) in [5.74, 6) is 2.01. The molecule has 3 N–H and O–H groups in total. The maximum Gasteiger partial charge on any atom is 0.224 e. The van der Waals surface area contributed by atoms with Gasteiger partial charge in [0.25, 0.3) is 0 Å². The summed E-state index contributed by atoms with van der Waals surface area (Å²) in [5.41, 5.74) is 0.317. The molecule has 1 aliphatic rings. The van der Waals surface area contributed by atoms with Gasteiger partial charge in [0.15, 0.2) is 0 Å². The molecule has 0 spiro atoms. The van der Waals surface area contributed by atoms with Crippen LogP contribution in [-0.2, 0) is 0 Å². The van der Waals surface area contributed by atoms with Crippen molar-refractivity contribution in [3.63, 3.8) is 0 Å². The molecule has 0 bridgehead atoms. The Labute approximate surface area is 121 Å². The summed E-state index contributed by atoms with van der Waals surface area (Å²) in [6.45, 7) is 7.53. The molecule has 0 aromatic carbocycles. The summed E-state index contributed by atoms with van der Waals surface area (Å²) < 4.78 is 0. The lowest BCUT2D eigenvalue weighted by Gasteiger charge is -2.35. The van der Waals surface area contributed by atoms with Gasteiger partial charge in [-0.15, -0.1) is 0 Å². The lowest BCUT2D eigenvalue weighted by molar-refractivity contribution is -0.000829. The Morgan fingerprint density at radius 2 is 2.20 bits per heavy atom. The summed E-state index contributed by atoms with van der Waals surface area (Å²) in [6.07, 6.45) is 4.06. The van der Waals surface area contributed by atoms with Gasteiger partial charge < -0.3 is 15.7 Å². The molecule has 1 fully saturated rings. The van der Waals surface area contributed by atoms with E-state index in [-0.39, 0.29) is 0 Å².